The monoisotopic (exact) mass is 362 g/mol. The third-order valence-electron chi connectivity index (χ3n) is 5.07. The van der Waals surface area contributed by atoms with Crippen molar-refractivity contribution in [1.82, 2.24) is 19.7 Å². The molecule has 0 spiro atoms. The van der Waals surface area contributed by atoms with Crippen LogP contribution in [0.25, 0.3) is 5.69 Å². The maximum Gasteiger partial charge on any atom is 0.347 e. The van der Waals surface area contributed by atoms with Crippen molar-refractivity contribution >= 4 is 5.91 Å². The molecule has 1 atom stereocenters. The maximum atomic E-state index is 12.5. The zero-order chi connectivity index (χ0) is 18.8. The van der Waals surface area contributed by atoms with Crippen LogP contribution in [0.2, 0.25) is 0 Å². The van der Waals surface area contributed by atoms with Crippen molar-refractivity contribution in [3.05, 3.63) is 82.0 Å². The topological polar surface area (TPSA) is 71.0 Å². The molecule has 6 nitrogen and oxygen atoms in total. The lowest BCUT2D eigenvalue weighted by atomic mass is 10.1. The molecular formula is C21H22N4O2. The second-order valence-corrected chi connectivity index (χ2v) is 6.91. The Hall–Kier alpha value is -3.15. The van der Waals surface area contributed by atoms with Crippen molar-refractivity contribution in [2.45, 2.75) is 32.2 Å². The molecule has 1 aromatic heterocycles. The summed E-state index contributed by atoms with van der Waals surface area (Å²) in [5.74, 6) is 0.607. The van der Waals surface area contributed by atoms with Gasteiger partial charge in [-0.2, -0.15) is 5.10 Å². The predicted octanol–water partition coefficient (Wildman–Crippen LogP) is 2.64. The van der Waals surface area contributed by atoms with Crippen molar-refractivity contribution < 1.29 is 4.79 Å². The number of nitrogens with zero attached hydrogens (tertiary/aromatic N) is 3. The number of carbonyl (C=O) groups is 1. The summed E-state index contributed by atoms with van der Waals surface area (Å²) in [7, 11) is 0. The van der Waals surface area contributed by atoms with Crippen LogP contribution in [0.3, 0.4) is 0 Å². The number of H-pyrrole nitrogens is 1. The summed E-state index contributed by atoms with van der Waals surface area (Å²) in [5.41, 5.74) is 2.77. The van der Waals surface area contributed by atoms with Crippen molar-refractivity contribution in [1.29, 1.82) is 0 Å². The highest BCUT2D eigenvalue weighted by atomic mass is 16.2. The van der Waals surface area contributed by atoms with E-state index in [2.05, 4.69) is 17.1 Å². The van der Waals surface area contributed by atoms with E-state index in [1.54, 1.807) is 4.57 Å². The molecular weight excluding hydrogens is 340 g/mol. The van der Waals surface area contributed by atoms with Crippen molar-refractivity contribution in [3.63, 3.8) is 0 Å². The van der Waals surface area contributed by atoms with Crippen molar-refractivity contribution in [3.8, 4) is 5.69 Å². The fourth-order valence-corrected chi connectivity index (χ4v) is 3.65. The Kier molecular flexibility index (Phi) is 4.62. The van der Waals surface area contributed by atoms with Gasteiger partial charge >= 0.3 is 5.69 Å². The van der Waals surface area contributed by atoms with E-state index in [9.17, 15) is 9.59 Å². The first-order chi connectivity index (χ1) is 13.2. The summed E-state index contributed by atoms with van der Waals surface area (Å²) in [6.45, 7) is 3.22. The fraction of sp³-hybridized carbons (Fsp3) is 0.286. The molecule has 1 saturated heterocycles. The van der Waals surface area contributed by atoms with E-state index in [0.29, 0.717) is 25.3 Å². The number of aryl methyl sites for hydroxylation is 1. The Labute approximate surface area is 157 Å². The Bertz CT molecular complexity index is 1010. The number of nitrogens with one attached hydrogen (secondary N) is 1. The molecule has 1 N–H and O–H groups in total. The number of hydrogen-bond acceptors (Lipinski definition) is 3. The number of amides is 1. The number of aromatic amines is 1. The van der Waals surface area contributed by atoms with Gasteiger partial charge in [0.05, 0.1) is 5.69 Å². The van der Waals surface area contributed by atoms with Gasteiger partial charge in [-0.15, -0.1) is 0 Å². The molecule has 0 radical (unpaired) electrons. The molecule has 4 rings (SSSR count). The molecule has 138 valence electrons. The van der Waals surface area contributed by atoms with E-state index in [0.717, 1.165) is 23.2 Å². The minimum Gasteiger partial charge on any atom is -0.338 e. The highest BCUT2D eigenvalue weighted by Gasteiger charge is 2.34. The highest BCUT2D eigenvalue weighted by molar-refractivity contribution is 5.79. The second-order valence-electron chi connectivity index (χ2n) is 6.91. The Morgan fingerprint density at radius 1 is 1.07 bits per heavy atom. The Morgan fingerprint density at radius 3 is 2.63 bits per heavy atom. The molecule has 0 bridgehead atoms. The molecule has 2 aromatic carbocycles. The average Bonchev–Trinajstić information content (AvgIpc) is 3.25. The summed E-state index contributed by atoms with van der Waals surface area (Å²) in [6.07, 6.45) is 1.26. The molecule has 27 heavy (non-hydrogen) atoms. The molecule has 0 saturated carbocycles. The zero-order valence-corrected chi connectivity index (χ0v) is 15.3. The molecule has 6 heteroatoms. The number of rotatable bonds is 5. The Morgan fingerprint density at radius 2 is 1.85 bits per heavy atom. The summed E-state index contributed by atoms with van der Waals surface area (Å²) in [4.78, 5) is 26.8. The van der Waals surface area contributed by atoms with E-state index in [1.807, 2.05) is 59.5 Å². The van der Waals surface area contributed by atoms with Crippen LogP contribution in [0.1, 0.15) is 36.2 Å². The minimum atomic E-state index is -0.271. The molecule has 0 unspecified atom stereocenters. The van der Waals surface area contributed by atoms with Gasteiger partial charge in [0, 0.05) is 25.4 Å². The lowest BCUT2D eigenvalue weighted by molar-refractivity contribution is -0.128. The molecule has 1 amide bonds. The first kappa shape index (κ1) is 17.3. The number of aromatic nitrogens is 3. The minimum absolute atomic E-state index is 0.0909. The van der Waals surface area contributed by atoms with Crippen LogP contribution in [0, 0.1) is 0 Å². The maximum absolute atomic E-state index is 12.5. The number of likely N-dealkylation sites (tertiary alicyclic amines) is 1. The van der Waals surface area contributed by atoms with Gasteiger partial charge in [0.25, 0.3) is 0 Å². The third-order valence-corrected chi connectivity index (χ3v) is 5.07. The lowest BCUT2D eigenvalue weighted by Gasteiger charge is -2.17. The van der Waals surface area contributed by atoms with E-state index in [1.165, 1.54) is 0 Å². The first-order valence-electron chi connectivity index (χ1n) is 9.24. The summed E-state index contributed by atoms with van der Waals surface area (Å²) in [6, 6.07) is 17.8. The summed E-state index contributed by atoms with van der Waals surface area (Å²) >= 11 is 0. The fourth-order valence-electron chi connectivity index (χ4n) is 3.65. The number of hydrogen-bond donors (Lipinski definition) is 1. The zero-order valence-electron chi connectivity index (χ0n) is 15.3. The predicted molar refractivity (Wildman–Crippen MR) is 103 cm³/mol. The quantitative estimate of drug-likeness (QED) is 0.758. The summed E-state index contributed by atoms with van der Waals surface area (Å²) < 4.78 is 1.60. The van der Waals surface area contributed by atoms with Crippen LogP contribution in [0.4, 0.5) is 0 Å². The smallest absolute Gasteiger partial charge is 0.338 e. The van der Waals surface area contributed by atoms with Crippen LogP contribution in [-0.2, 0) is 17.8 Å². The normalized spacial score (nSPS) is 16.9. The van der Waals surface area contributed by atoms with Gasteiger partial charge in [0.1, 0.15) is 5.82 Å². The van der Waals surface area contributed by atoms with Gasteiger partial charge in [-0.25, -0.2) is 14.5 Å². The largest absolute Gasteiger partial charge is 0.347 e. The van der Waals surface area contributed by atoms with Crippen molar-refractivity contribution in [2.24, 2.45) is 0 Å². The van der Waals surface area contributed by atoms with Gasteiger partial charge in [-0.1, -0.05) is 49.4 Å². The molecule has 1 fully saturated rings. The van der Waals surface area contributed by atoms with Gasteiger partial charge in [-0.05, 0) is 29.7 Å². The van der Waals surface area contributed by atoms with Crippen LogP contribution in [-0.4, -0.2) is 32.1 Å². The van der Waals surface area contributed by atoms with E-state index >= 15 is 0 Å². The van der Waals surface area contributed by atoms with Gasteiger partial charge in [0.15, 0.2) is 0 Å². The van der Waals surface area contributed by atoms with Gasteiger partial charge in [0.2, 0.25) is 5.91 Å². The SMILES string of the molecule is CCc1cccc(-n2c([C@@H]3CC(=O)N(Cc4ccccc4)C3)n[nH]c2=O)c1. The van der Waals surface area contributed by atoms with E-state index in [-0.39, 0.29) is 17.5 Å². The lowest BCUT2D eigenvalue weighted by Crippen LogP contribution is -2.25. The Balaban J connectivity index is 1.61. The van der Waals surface area contributed by atoms with Crippen LogP contribution in [0.15, 0.2) is 59.4 Å². The van der Waals surface area contributed by atoms with E-state index in [4.69, 9.17) is 0 Å². The third kappa shape index (κ3) is 3.43. The molecule has 1 aliphatic rings. The summed E-state index contributed by atoms with van der Waals surface area (Å²) in [5, 5.41) is 6.81. The van der Waals surface area contributed by atoms with Crippen LogP contribution < -0.4 is 5.69 Å². The first-order valence-corrected chi connectivity index (χ1v) is 9.24. The van der Waals surface area contributed by atoms with E-state index < -0.39 is 0 Å². The number of carbonyl (C=O) groups excluding carboxylic acids is 1. The second kappa shape index (κ2) is 7.23. The van der Waals surface area contributed by atoms with Gasteiger partial charge in [-0.3, -0.25) is 4.79 Å². The molecule has 2 heterocycles. The molecule has 1 aliphatic heterocycles. The standard InChI is InChI=1S/C21H22N4O2/c1-2-15-9-6-10-18(11-15)25-20(22-23-21(25)27)17-12-19(26)24(14-17)13-16-7-4-3-5-8-16/h3-11,17H,2,12-14H2,1H3,(H,23,27)/t17-/m1/s1. The number of benzene rings is 2. The van der Waals surface area contributed by atoms with Gasteiger partial charge < -0.3 is 4.90 Å². The highest BCUT2D eigenvalue weighted by Crippen LogP contribution is 2.28. The molecule has 0 aliphatic carbocycles. The van der Waals surface area contributed by atoms with Crippen LogP contribution >= 0.6 is 0 Å². The van der Waals surface area contributed by atoms with Crippen LogP contribution in [0.5, 0.6) is 0 Å². The molecule has 3 aromatic rings. The average molecular weight is 362 g/mol. The van der Waals surface area contributed by atoms with Crippen molar-refractivity contribution in [2.75, 3.05) is 6.54 Å².